The van der Waals surface area contributed by atoms with E-state index in [2.05, 4.69) is 26.5 Å². The number of nitrogens with one attached hydrogen (secondary N) is 2. The van der Waals surface area contributed by atoms with E-state index in [1.54, 1.807) is 7.05 Å². The molecule has 0 fully saturated rings. The van der Waals surface area contributed by atoms with Gasteiger partial charge in [0, 0.05) is 27.2 Å². The molecule has 8 heteroatoms. The van der Waals surface area contributed by atoms with Gasteiger partial charge >= 0.3 is 0 Å². The molecule has 0 spiro atoms. The summed E-state index contributed by atoms with van der Waals surface area (Å²) in [5, 5.41) is 3.30. The second-order valence-electron chi connectivity index (χ2n) is 5.54. The lowest BCUT2D eigenvalue weighted by atomic mass is 10.1. The van der Waals surface area contributed by atoms with E-state index in [1.165, 1.54) is 7.05 Å². The molecule has 25 heavy (non-hydrogen) atoms. The summed E-state index contributed by atoms with van der Waals surface area (Å²) in [5.74, 6) is 0.792. The van der Waals surface area contributed by atoms with Crippen molar-refractivity contribution >= 4 is 40.0 Å². The zero-order valence-electron chi connectivity index (χ0n) is 15.2. The highest BCUT2D eigenvalue weighted by Gasteiger charge is 2.09. The van der Waals surface area contributed by atoms with Crippen LogP contribution in [0, 0.1) is 0 Å². The first-order chi connectivity index (χ1) is 11.4. The van der Waals surface area contributed by atoms with Crippen molar-refractivity contribution in [1.82, 2.24) is 14.9 Å². The number of aliphatic imine (C=N–C) groups is 1. The largest absolute Gasteiger partial charge is 0.352 e. The first-order valence-corrected chi connectivity index (χ1v) is 9.58. The van der Waals surface area contributed by atoms with Gasteiger partial charge in [0.05, 0.1) is 5.75 Å². The molecule has 142 valence electrons. The van der Waals surface area contributed by atoms with Crippen LogP contribution in [0.4, 0.5) is 0 Å². The first-order valence-electron chi connectivity index (χ1n) is 7.93. The number of halogens is 1. The number of rotatable bonds is 9. The summed E-state index contributed by atoms with van der Waals surface area (Å²) in [6.07, 6.45) is 3.91. The molecular weight excluding hydrogens is 451 g/mol. The molecular formula is C17H29IN4O2S. The molecule has 0 aliphatic carbocycles. The van der Waals surface area contributed by atoms with Crippen molar-refractivity contribution in [3.63, 3.8) is 0 Å². The van der Waals surface area contributed by atoms with Crippen molar-refractivity contribution in [2.24, 2.45) is 4.99 Å². The molecule has 6 nitrogen and oxygen atoms in total. The fraction of sp³-hybridized carbons (Fsp3) is 0.471. The average Bonchev–Trinajstić information content (AvgIpc) is 2.55. The zero-order valence-corrected chi connectivity index (χ0v) is 18.3. The van der Waals surface area contributed by atoms with Gasteiger partial charge in [0.15, 0.2) is 5.96 Å². The maximum absolute atomic E-state index is 11.6. The van der Waals surface area contributed by atoms with Crippen molar-refractivity contribution < 1.29 is 8.42 Å². The molecule has 0 amide bonds. The van der Waals surface area contributed by atoms with Crippen molar-refractivity contribution in [1.29, 1.82) is 0 Å². The van der Waals surface area contributed by atoms with Gasteiger partial charge in [-0.25, -0.2) is 13.1 Å². The van der Waals surface area contributed by atoms with Crippen LogP contribution in [-0.2, 0) is 22.3 Å². The van der Waals surface area contributed by atoms with Gasteiger partial charge in [-0.05, 0) is 31.0 Å². The Balaban J connectivity index is 0.00000576. The monoisotopic (exact) mass is 480 g/mol. The Hall–Kier alpha value is -1.13. The lowest BCUT2D eigenvalue weighted by Gasteiger charge is -2.22. The number of benzene rings is 1. The molecule has 1 aromatic rings. The molecule has 0 heterocycles. The minimum atomic E-state index is -3.26. The number of unbranched alkanes of at least 4 members (excludes halogenated alkanes) is 1. The van der Waals surface area contributed by atoms with E-state index >= 15 is 0 Å². The molecule has 0 atom stereocenters. The molecule has 0 radical (unpaired) electrons. The zero-order chi connectivity index (χ0) is 18.0. The van der Waals surface area contributed by atoms with E-state index < -0.39 is 10.0 Å². The molecule has 0 bridgehead atoms. The lowest BCUT2D eigenvalue weighted by Crippen LogP contribution is -2.39. The molecule has 1 rings (SSSR count). The highest BCUT2D eigenvalue weighted by Crippen LogP contribution is 2.09. The van der Waals surface area contributed by atoms with Crippen molar-refractivity contribution in [2.45, 2.75) is 25.1 Å². The normalized spacial score (nSPS) is 11.6. The number of allylic oxidation sites excluding steroid dienone is 1. The van der Waals surface area contributed by atoms with Crippen LogP contribution in [0.25, 0.3) is 0 Å². The first kappa shape index (κ1) is 23.9. The summed E-state index contributed by atoms with van der Waals surface area (Å²) in [6.45, 7) is 5.21. The van der Waals surface area contributed by atoms with Crippen LogP contribution in [0.3, 0.4) is 0 Å². The van der Waals surface area contributed by atoms with Gasteiger partial charge < -0.3 is 10.2 Å². The van der Waals surface area contributed by atoms with E-state index in [1.807, 2.05) is 37.4 Å². The van der Waals surface area contributed by atoms with Gasteiger partial charge in [-0.15, -0.1) is 30.6 Å². The highest BCUT2D eigenvalue weighted by atomic mass is 127. The van der Waals surface area contributed by atoms with E-state index in [9.17, 15) is 8.42 Å². The second-order valence-corrected chi connectivity index (χ2v) is 7.46. The van der Waals surface area contributed by atoms with E-state index in [-0.39, 0.29) is 29.7 Å². The highest BCUT2D eigenvalue weighted by molar-refractivity contribution is 14.0. The van der Waals surface area contributed by atoms with Crippen LogP contribution in [0.1, 0.15) is 24.0 Å². The summed E-state index contributed by atoms with van der Waals surface area (Å²) in [7, 11) is 1.91. The molecule has 0 aliphatic heterocycles. The Morgan fingerprint density at radius 1 is 1.36 bits per heavy atom. The van der Waals surface area contributed by atoms with Crippen LogP contribution in [0.2, 0.25) is 0 Å². The number of hydrogen-bond donors (Lipinski definition) is 2. The summed E-state index contributed by atoms with van der Waals surface area (Å²) in [5.41, 5.74) is 1.78. The predicted molar refractivity (Wildman–Crippen MR) is 116 cm³/mol. The Kier molecular flexibility index (Phi) is 11.7. The molecule has 0 unspecified atom stereocenters. The van der Waals surface area contributed by atoms with Crippen molar-refractivity contribution in [3.8, 4) is 0 Å². The lowest BCUT2D eigenvalue weighted by molar-refractivity contribution is 0.470. The fourth-order valence-electron chi connectivity index (χ4n) is 2.27. The van der Waals surface area contributed by atoms with Gasteiger partial charge in [-0.3, -0.25) is 4.99 Å². The molecule has 2 N–H and O–H groups in total. The van der Waals surface area contributed by atoms with E-state index in [0.717, 1.165) is 36.5 Å². The Morgan fingerprint density at radius 3 is 2.64 bits per heavy atom. The van der Waals surface area contributed by atoms with Gasteiger partial charge in [-0.2, -0.15) is 0 Å². The predicted octanol–water partition coefficient (Wildman–Crippen LogP) is 2.33. The van der Waals surface area contributed by atoms with Gasteiger partial charge in [0.2, 0.25) is 10.0 Å². The Labute approximate surface area is 168 Å². The molecule has 0 aromatic heterocycles. The topological polar surface area (TPSA) is 73.8 Å². The summed E-state index contributed by atoms with van der Waals surface area (Å²) < 4.78 is 25.6. The van der Waals surface area contributed by atoms with Crippen LogP contribution >= 0.6 is 24.0 Å². The maximum Gasteiger partial charge on any atom is 0.215 e. The van der Waals surface area contributed by atoms with Crippen LogP contribution in [0.5, 0.6) is 0 Å². The third kappa shape index (κ3) is 9.22. The quantitative estimate of drug-likeness (QED) is 0.187. The summed E-state index contributed by atoms with van der Waals surface area (Å²) >= 11 is 0. The third-order valence-electron chi connectivity index (χ3n) is 3.58. The second kappa shape index (κ2) is 12.3. The minimum absolute atomic E-state index is 0. The number of sulfonamides is 1. The van der Waals surface area contributed by atoms with Gasteiger partial charge in [0.25, 0.3) is 0 Å². The molecule has 0 saturated carbocycles. The van der Waals surface area contributed by atoms with E-state index in [4.69, 9.17) is 0 Å². The average molecular weight is 480 g/mol. The molecule has 1 aromatic carbocycles. The third-order valence-corrected chi connectivity index (χ3v) is 4.92. The van der Waals surface area contributed by atoms with Gasteiger partial charge in [-0.1, -0.05) is 30.3 Å². The van der Waals surface area contributed by atoms with Crippen LogP contribution in [0.15, 0.2) is 41.9 Å². The van der Waals surface area contributed by atoms with Crippen molar-refractivity contribution in [2.75, 3.05) is 27.7 Å². The molecule has 0 saturated heterocycles. The molecule has 0 aliphatic rings. The summed E-state index contributed by atoms with van der Waals surface area (Å²) in [4.78, 5) is 6.34. The van der Waals surface area contributed by atoms with Crippen molar-refractivity contribution in [3.05, 3.63) is 48.0 Å². The number of guanidine groups is 1. The summed E-state index contributed by atoms with van der Waals surface area (Å²) in [6, 6.07) is 7.54. The van der Waals surface area contributed by atoms with Gasteiger partial charge in [0.1, 0.15) is 0 Å². The number of hydrogen-bond acceptors (Lipinski definition) is 3. The Morgan fingerprint density at radius 2 is 2.04 bits per heavy atom. The fourth-order valence-corrected chi connectivity index (χ4v) is 3.03. The minimum Gasteiger partial charge on any atom is -0.352 e. The SMILES string of the molecule is C=CCCCN(C)C(=NC)NCc1cccc(CS(=O)(=O)NC)c1.I. The Bertz CT molecular complexity index is 662. The van der Waals surface area contributed by atoms with Crippen LogP contribution < -0.4 is 10.0 Å². The standard InChI is InChI=1S/C17H28N4O2S.HI/c1-5-6-7-11-21(4)17(18-2)20-13-15-9-8-10-16(12-15)14-24(22,23)19-3;/h5,8-10,12,19H,1,6-7,11,13-14H2,2-4H3,(H,18,20);1H. The van der Waals surface area contributed by atoms with Crippen LogP contribution in [-0.4, -0.2) is 47.0 Å². The van der Waals surface area contributed by atoms with E-state index in [0.29, 0.717) is 6.54 Å². The smallest absolute Gasteiger partial charge is 0.215 e. The maximum atomic E-state index is 11.6. The number of nitrogens with zero attached hydrogens (tertiary/aromatic N) is 2.